The van der Waals surface area contributed by atoms with Gasteiger partial charge in [0, 0.05) is 35.6 Å². The number of rotatable bonds is 5. The monoisotopic (exact) mass is 476 g/mol. The molecule has 1 aliphatic rings. The summed E-state index contributed by atoms with van der Waals surface area (Å²) >= 11 is 0. The summed E-state index contributed by atoms with van der Waals surface area (Å²) in [5.41, 5.74) is 5.16. The molecule has 3 heterocycles. The molecule has 7 heteroatoms. The van der Waals surface area contributed by atoms with Crippen molar-refractivity contribution >= 4 is 26.7 Å². The Morgan fingerprint density at radius 3 is 2.53 bits per heavy atom. The Morgan fingerprint density at radius 1 is 1.12 bits per heavy atom. The van der Waals surface area contributed by atoms with Gasteiger partial charge in [0.1, 0.15) is 5.82 Å². The molecular formula is C27H25FN2O3S. The summed E-state index contributed by atoms with van der Waals surface area (Å²) in [6.45, 7) is 3.89. The number of nitrogens with zero attached hydrogens (tertiary/aromatic N) is 2. The van der Waals surface area contributed by atoms with Gasteiger partial charge in [-0.25, -0.2) is 12.8 Å². The van der Waals surface area contributed by atoms with Gasteiger partial charge in [0.2, 0.25) is 0 Å². The number of pyridine rings is 1. The van der Waals surface area contributed by atoms with Gasteiger partial charge >= 0.3 is 0 Å². The number of carbonyl (C=O) groups excluding carboxylic acids is 1. The van der Waals surface area contributed by atoms with E-state index in [1.807, 2.05) is 54.9 Å². The number of Topliss-reactive ketones (excluding diaryl/α,β-unsaturated/α-hetero) is 1. The summed E-state index contributed by atoms with van der Waals surface area (Å²) in [6, 6.07) is 16.0. The van der Waals surface area contributed by atoms with Crippen molar-refractivity contribution in [2.45, 2.75) is 26.7 Å². The van der Waals surface area contributed by atoms with Gasteiger partial charge in [0.05, 0.1) is 22.5 Å². The van der Waals surface area contributed by atoms with Crippen molar-refractivity contribution < 1.29 is 17.6 Å². The molecule has 4 aromatic rings. The maximum Gasteiger partial charge on any atom is 0.165 e. The second-order valence-electron chi connectivity index (χ2n) is 9.55. The summed E-state index contributed by atoms with van der Waals surface area (Å²) in [4.78, 5) is 17.9. The number of halogens is 1. The smallest absolute Gasteiger partial charge is 0.165 e. The molecule has 34 heavy (non-hydrogen) atoms. The highest BCUT2D eigenvalue weighted by molar-refractivity contribution is 7.91. The lowest BCUT2D eigenvalue weighted by atomic mass is 9.83. The number of carbonyl (C=O) groups is 1. The van der Waals surface area contributed by atoms with Gasteiger partial charge in [-0.05, 0) is 60.2 Å². The Kier molecular flexibility index (Phi) is 5.40. The summed E-state index contributed by atoms with van der Waals surface area (Å²) in [5.74, 6) is -0.294. The van der Waals surface area contributed by atoms with Gasteiger partial charge in [0.25, 0.3) is 0 Å². The molecule has 0 N–H and O–H groups in total. The van der Waals surface area contributed by atoms with Crippen LogP contribution in [0.4, 0.5) is 4.39 Å². The van der Waals surface area contributed by atoms with Crippen LogP contribution < -0.4 is 0 Å². The molecule has 5 rings (SSSR count). The fourth-order valence-electron chi connectivity index (χ4n) is 4.85. The van der Waals surface area contributed by atoms with Crippen molar-refractivity contribution in [3.05, 3.63) is 83.9 Å². The molecule has 0 radical (unpaired) electrons. The molecular weight excluding hydrogens is 451 g/mol. The molecule has 0 unspecified atom stereocenters. The third kappa shape index (κ3) is 4.16. The lowest BCUT2D eigenvalue weighted by Crippen LogP contribution is -2.22. The topological polar surface area (TPSA) is 69.0 Å². The van der Waals surface area contributed by atoms with E-state index in [1.165, 1.54) is 12.1 Å². The first-order valence-corrected chi connectivity index (χ1v) is 13.0. The predicted octanol–water partition coefficient (Wildman–Crippen LogP) is 5.54. The largest absolute Gasteiger partial charge is 0.314 e. The number of aryl methyl sites for hydroxylation is 1. The third-order valence-corrected chi connectivity index (χ3v) is 8.64. The summed E-state index contributed by atoms with van der Waals surface area (Å²) in [6.07, 6.45) is 4.18. The Hall–Kier alpha value is -3.32. The number of sulfone groups is 1. The zero-order chi connectivity index (χ0) is 24.1. The Labute approximate surface area is 198 Å². The molecule has 1 aliphatic heterocycles. The molecule has 1 saturated heterocycles. The van der Waals surface area contributed by atoms with Crippen LogP contribution in [0.2, 0.25) is 0 Å². The zero-order valence-corrected chi connectivity index (χ0v) is 19.9. The van der Waals surface area contributed by atoms with E-state index in [-0.39, 0.29) is 29.5 Å². The molecule has 0 amide bonds. The number of aromatic nitrogens is 2. The zero-order valence-electron chi connectivity index (χ0n) is 19.1. The molecule has 0 saturated carbocycles. The molecule has 2 aromatic heterocycles. The molecule has 174 valence electrons. The SMILES string of the molecule is Cc1ccccc1-c1cn(-c2ccc(F)cc2)c2cc(C(=O)C[C@]3(C)CCS(=O)(=O)C3)cnc12. The van der Waals surface area contributed by atoms with Gasteiger partial charge in [-0.2, -0.15) is 0 Å². The minimum Gasteiger partial charge on any atom is -0.314 e. The normalized spacial score (nSPS) is 19.5. The number of ketones is 1. The maximum absolute atomic E-state index is 13.6. The van der Waals surface area contributed by atoms with Crippen molar-refractivity contribution in [2.24, 2.45) is 5.41 Å². The fraction of sp³-hybridized carbons (Fsp3) is 0.259. The molecule has 0 aliphatic carbocycles. The van der Waals surface area contributed by atoms with Crippen molar-refractivity contribution in [3.63, 3.8) is 0 Å². The maximum atomic E-state index is 13.6. The van der Waals surface area contributed by atoms with Crippen molar-refractivity contribution in [1.29, 1.82) is 0 Å². The summed E-state index contributed by atoms with van der Waals surface area (Å²) in [7, 11) is -3.10. The average Bonchev–Trinajstić information content (AvgIpc) is 3.30. The highest BCUT2D eigenvalue weighted by Crippen LogP contribution is 2.37. The minimum atomic E-state index is -3.10. The fourth-order valence-corrected chi connectivity index (χ4v) is 7.11. The Morgan fingerprint density at radius 2 is 1.85 bits per heavy atom. The molecule has 5 nitrogen and oxygen atoms in total. The van der Waals surface area contributed by atoms with Crippen LogP contribution in [-0.4, -0.2) is 35.3 Å². The highest BCUT2D eigenvalue weighted by atomic mass is 32.2. The molecule has 0 bridgehead atoms. The van der Waals surface area contributed by atoms with E-state index in [9.17, 15) is 17.6 Å². The van der Waals surface area contributed by atoms with E-state index in [1.54, 1.807) is 18.3 Å². The van der Waals surface area contributed by atoms with Crippen LogP contribution in [0.5, 0.6) is 0 Å². The summed E-state index contributed by atoms with van der Waals surface area (Å²) in [5, 5.41) is 0. The van der Waals surface area contributed by atoms with Crippen LogP contribution in [0, 0.1) is 18.2 Å². The van der Waals surface area contributed by atoms with E-state index >= 15 is 0 Å². The number of benzene rings is 2. The molecule has 2 aromatic carbocycles. The summed E-state index contributed by atoms with van der Waals surface area (Å²) < 4.78 is 39.5. The van der Waals surface area contributed by atoms with Crippen LogP contribution in [-0.2, 0) is 9.84 Å². The predicted molar refractivity (Wildman–Crippen MR) is 132 cm³/mol. The van der Waals surface area contributed by atoms with Crippen LogP contribution in [0.25, 0.3) is 27.8 Å². The third-order valence-electron chi connectivity index (χ3n) is 6.67. The lowest BCUT2D eigenvalue weighted by Gasteiger charge is -2.20. The highest BCUT2D eigenvalue weighted by Gasteiger charge is 2.40. The minimum absolute atomic E-state index is 0.0325. The number of fused-ring (bicyclic) bond motifs is 1. The Balaban J connectivity index is 1.62. The molecule has 0 spiro atoms. The van der Waals surface area contributed by atoms with Gasteiger partial charge in [-0.3, -0.25) is 9.78 Å². The van der Waals surface area contributed by atoms with Crippen LogP contribution in [0.3, 0.4) is 0 Å². The van der Waals surface area contributed by atoms with Gasteiger partial charge < -0.3 is 4.57 Å². The Bertz CT molecular complexity index is 1520. The van der Waals surface area contributed by atoms with E-state index < -0.39 is 15.3 Å². The van der Waals surface area contributed by atoms with Gasteiger partial charge in [-0.1, -0.05) is 31.2 Å². The molecule has 1 fully saturated rings. The van der Waals surface area contributed by atoms with E-state index in [0.717, 1.165) is 33.4 Å². The first kappa shape index (κ1) is 22.5. The molecule has 1 atom stereocenters. The van der Waals surface area contributed by atoms with E-state index in [2.05, 4.69) is 4.98 Å². The van der Waals surface area contributed by atoms with E-state index in [4.69, 9.17) is 0 Å². The van der Waals surface area contributed by atoms with Crippen molar-refractivity contribution in [1.82, 2.24) is 9.55 Å². The van der Waals surface area contributed by atoms with Crippen LogP contribution >= 0.6 is 0 Å². The average molecular weight is 477 g/mol. The van der Waals surface area contributed by atoms with Crippen molar-refractivity contribution in [3.8, 4) is 16.8 Å². The number of hydrogen-bond acceptors (Lipinski definition) is 4. The number of hydrogen-bond donors (Lipinski definition) is 0. The van der Waals surface area contributed by atoms with Crippen molar-refractivity contribution in [2.75, 3.05) is 11.5 Å². The first-order chi connectivity index (χ1) is 16.1. The standard InChI is InChI=1S/C27H25FN2O3S/c1-18-5-3-4-6-22(18)23-16-30(21-9-7-20(28)8-10-21)24-13-19(15-29-26(23)24)25(31)14-27(2)11-12-34(32,33)17-27/h3-10,13,15-16H,11-12,14,17H2,1-2H3/t27-/m0/s1. The van der Waals surface area contributed by atoms with Gasteiger partial charge in [0.15, 0.2) is 15.6 Å². The lowest BCUT2D eigenvalue weighted by molar-refractivity contribution is 0.0934. The van der Waals surface area contributed by atoms with Crippen LogP contribution in [0.1, 0.15) is 35.7 Å². The van der Waals surface area contributed by atoms with Crippen LogP contribution in [0.15, 0.2) is 67.0 Å². The van der Waals surface area contributed by atoms with Gasteiger partial charge in [-0.15, -0.1) is 0 Å². The van der Waals surface area contributed by atoms with E-state index in [0.29, 0.717) is 12.0 Å². The quantitative estimate of drug-likeness (QED) is 0.355. The second-order valence-corrected chi connectivity index (χ2v) is 11.7. The second kappa shape index (κ2) is 8.17. The first-order valence-electron chi connectivity index (χ1n) is 11.2.